The van der Waals surface area contributed by atoms with Crippen molar-refractivity contribution in [2.45, 2.75) is 25.3 Å². The molecular weight excluding hydrogens is 234 g/mol. The molecule has 0 unspecified atom stereocenters. The summed E-state index contributed by atoms with van der Waals surface area (Å²) in [5.74, 6) is 0.784. The normalized spacial score (nSPS) is 22.5. The van der Waals surface area contributed by atoms with Crippen LogP contribution in [0.2, 0.25) is 0 Å². The molecule has 1 aromatic rings. The number of nitriles is 1. The molecule has 100 valence electrons. The zero-order valence-electron chi connectivity index (χ0n) is 11.3. The number of nitrogens with one attached hydrogen (secondary N) is 1. The van der Waals surface area contributed by atoms with Crippen LogP contribution in [-0.4, -0.2) is 31.1 Å². The van der Waals surface area contributed by atoms with E-state index in [2.05, 4.69) is 28.4 Å². The summed E-state index contributed by atoms with van der Waals surface area (Å²) in [7, 11) is 0. The van der Waals surface area contributed by atoms with Gasteiger partial charge in [0.1, 0.15) is 0 Å². The van der Waals surface area contributed by atoms with Crippen molar-refractivity contribution in [3.05, 3.63) is 35.4 Å². The Kier molecular flexibility index (Phi) is 3.82. The molecular formula is C16H21N3. The minimum Gasteiger partial charge on any atom is -0.314 e. The van der Waals surface area contributed by atoms with E-state index >= 15 is 0 Å². The Labute approximate surface area is 115 Å². The minimum absolute atomic E-state index is 0.518. The van der Waals surface area contributed by atoms with Crippen molar-refractivity contribution in [1.29, 1.82) is 5.26 Å². The highest BCUT2D eigenvalue weighted by molar-refractivity contribution is 5.34. The maximum absolute atomic E-state index is 9.09. The fourth-order valence-corrected chi connectivity index (χ4v) is 3.29. The molecule has 3 heteroatoms. The minimum atomic E-state index is 0.518. The molecule has 0 bridgehead atoms. The second-order valence-corrected chi connectivity index (χ2v) is 5.66. The number of benzene rings is 1. The van der Waals surface area contributed by atoms with Gasteiger partial charge in [0.2, 0.25) is 0 Å². The van der Waals surface area contributed by atoms with Crippen LogP contribution < -0.4 is 5.32 Å². The highest BCUT2D eigenvalue weighted by atomic mass is 15.2. The van der Waals surface area contributed by atoms with Gasteiger partial charge in [-0.15, -0.1) is 0 Å². The summed E-state index contributed by atoms with van der Waals surface area (Å²) in [4.78, 5) is 2.61. The molecule has 1 aliphatic carbocycles. The van der Waals surface area contributed by atoms with Gasteiger partial charge in [-0.2, -0.15) is 5.26 Å². The van der Waals surface area contributed by atoms with Gasteiger partial charge in [-0.25, -0.2) is 0 Å². The molecule has 19 heavy (non-hydrogen) atoms. The van der Waals surface area contributed by atoms with Crippen molar-refractivity contribution < 1.29 is 0 Å². The number of piperazine rings is 1. The van der Waals surface area contributed by atoms with E-state index in [-0.39, 0.29) is 0 Å². The largest absolute Gasteiger partial charge is 0.314 e. The van der Waals surface area contributed by atoms with Gasteiger partial charge >= 0.3 is 0 Å². The first kappa shape index (κ1) is 12.7. The van der Waals surface area contributed by atoms with E-state index in [1.165, 1.54) is 24.8 Å². The second kappa shape index (κ2) is 5.73. The summed E-state index contributed by atoms with van der Waals surface area (Å²) >= 11 is 0. The van der Waals surface area contributed by atoms with Gasteiger partial charge in [0.05, 0.1) is 11.6 Å². The average Bonchev–Trinajstić information content (AvgIpc) is 2.43. The van der Waals surface area contributed by atoms with E-state index in [0.29, 0.717) is 6.04 Å². The molecule has 0 radical (unpaired) electrons. The smallest absolute Gasteiger partial charge is 0.0991 e. The summed E-state index contributed by atoms with van der Waals surface area (Å²) in [5, 5.41) is 12.5. The van der Waals surface area contributed by atoms with Gasteiger partial charge in [-0.1, -0.05) is 18.6 Å². The zero-order chi connectivity index (χ0) is 13.1. The molecule has 1 saturated heterocycles. The summed E-state index contributed by atoms with van der Waals surface area (Å²) in [5.41, 5.74) is 2.13. The number of nitrogens with zero attached hydrogens (tertiary/aromatic N) is 2. The van der Waals surface area contributed by atoms with Gasteiger partial charge in [-0.3, -0.25) is 4.90 Å². The van der Waals surface area contributed by atoms with Gasteiger partial charge in [0, 0.05) is 32.2 Å². The zero-order valence-corrected chi connectivity index (χ0v) is 11.3. The van der Waals surface area contributed by atoms with Crippen LogP contribution in [0.3, 0.4) is 0 Å². The van der Waals surface area contributed by atoms with Crippen molar-refractivity contribution in [2.24, 2.45) is 5.92 Å². The molecule has 3 rings (SSSR count). The third kappa shape index (κ3) is 2.65. The highest BCUT2D eigenvalue weighted by Gasteiger charge is 2.33. The van der Waals surface area contributed by atoms with Crippen molar-refractivity contribution in [3.8, 4) is 6.07 Å². The van der Waals surface area contributed by atoms with Crippen LogP contribution in [0.15, 0.2) is 24.3 Å². The molecule has 2 aliphatic rings. The van der Waals surface area contributed by atoms with Crippen molar-refractivity contribution >= 4 is 0 Å². The van der Waals surface area contributed by atoms with Gasteiger partial charge in [0.15, 0.2) is 0 Å². The Bertz CT molecular complexity index is 467. The fourth-order valence-electron chi connectivity index (χ4n) is 3.29. The fraction of sp³-hybridized carbons (Fsp3) is 0.562. The Balaban J connectivity index is 1.86. The number of rotatable bonds is 3. The van der Waals surface area contributed by atoms with Crippen LogP contribution in [0.25, 0.3) is 0 Å². The first-order chi connectivity index (χ1) is 9.38. The first-order valence-electron chi connectivity index (χ1n) is 7.33. The third-order valence-electron chi connectivity index (χ3n) is 4.50. The van der Waals surface area contributed by atoms with Gasteiger partial charge in [-0.05, 0) is 36.5 Å². The molecule has 2 fully saturated rings. The molecule has 1 aliphatic heterocycles. The second-order valence-electron chi connectivity index (χ2n) is 5.66. The Morgan fingerprint density at radius 2 is 2.05 bits per heavy atom. The maximum Gasteiger partial charge on any atom is 0.0991 e. The molecule has 1 heterocycles. The quantitative estimate of drug-likeness (QED) is 0.901. The standard InChI is InChI=1S/C16H21N3/c17-12-13-3-1-6-15(11-13)16(14-4-2-5-14)19-9-7-18-8-10-19/h1,3,6,11,14,16,18H,2,4-5,7-10H2/t16-/m0/s1. The topological polar surface area (TPSA) is 39.1 Å². The summed E-state index contributed by atoms with van der Waals surface area (Å²) in [6.45, 7) is 4.41. The van der Waals surface area contributed by atoms with E-state index < -0.39 is 0 Å². The van der Waals surface area contributed by atoms with E-state index in [9.17, 15) is 0 Å². The van der Waals surface area contributed by atoms with Crippen LogP contribution in [-0.2, 0) is 0 Å². The van der Waals surface area contributed by atoms with Gasteiger partial charge < -0.3 is 5.32 Å². The van der Waals surface area contributed by atoms with E-state index in [4.69, 9.17) is 5.26 Å². The number of hydrogen-bond acceptors (Lipinski definition) is 3. The van der Waals surface area contributed by atoms with Gasteiger partial charge in [0.25, 0.3) is 0 Å². The van der Waals surface area contributed by atoms with Crippen LogP contribution in [0.5, 0.6) is 0 Å². The molecule has 1 aromatic carbocycles. The van der Waals surface area contributed by atoms with Crippen LogP contribution >= 0.6 is 0 Å². The van der Waals surface area contributed by atoms with Crippen LogP contribution in [0.4, 0.5) is 0 Å². The van der Waals surface area contributed by atoms with Crippen LogP contribution in [0, 0.1) is 17.2 Å². The lowest BCUT2D eigenvalue weighted by Gasteiger charge is -2.43. The van der Waals surface area contributed by atoms with Crippen LogP contribution in [0.1, 0.15) is 36.4 Å². The molecule has 0 spiro atoms. The monoisotopic (exact) mass is 255 g/mol. The van der Waals surface area contributed by atoms with Crippen molar-refractivity contribution in [2.75, 3.05) is 26.2 Å². The highest BCUT2D eigenvalue weighted by Crippen LogP contribution is 2.41. The molecule has 3 nitrogen and oxygen atoms in total. The summed E-state index contributed by atoms with van der Waals surface area (Å²) in [6.07, 6.45) is 4.04. The third-order valence-corrected chi connectivity index (χ3v) is 4.50. The van der Waals surface area contributed by atoms with Crippen molar-refractivity contribution in [1.82, 2.24) is 10.2 Å². The Morgan fingerprint density at radius 1 is 1.26 bits per heavy atom. The van der Waals surface area contributed by atoms with E-state index in [0.717, 1.165) is 37.7 Å². The number of hydrogen-bond donors (Lipinski definition) is 1. The molecule has 1 N–H and O–H groups in total. The predicted molar refractivity (Wildman–Crippen MR) is 75.7 cm³/mol. The molecule has 0 aromatic heterocycles. The predicted octanol–water partition coefficient (Wildman–Crippen LogP) is 2.30. The Morgan fingerprint density at radius 3 is 2.68 bits per heavy atom. The first-order valence-corrected chi connectivity index (χ1v) is 7.33. The van der Waals surface area contributed by atoms with Crippen molar-refractivity contribution in [3.63, 3.8) is 0 Å². The molecule has 0 amide bonds. The summed E-state index contributed by atoms with van der Waals surface area (Å²) in [6, 6.07) is 11.0. The lowest BCUT2D eigenvalue weighted by molar-refractivity contribution is 0.0837. The molecule has 1 saturated carbocycles. The summed E-state index contributed by atoms with van der Waals surface area (Å²) < 4.78 is 0. The lowest BCUT2D eigenvalue weighted by atomic mass is 9.76. The average molecular weight is 255 g/mol. The SMILES string of the molecule is N#Cc1cccc([C@H](C2CCC2)N2CCNCC2)c1. The van der Waals surface area contributed by atoms with E-state index in [1.807, 2.05) is 12.1 Å². The lowest BCUT2D eigenvalue weighted by Crippen LogP contribution is -2.47. The Hall–Kier alpha value is -1.37. The molecule has 1 atom stereocenters. The maximum atomic E-state index is 9.09. The van der Waals surface area contributed by atoms with E-state index in [1.54, 1.807) is 0 Å².